The maximum Gasteiger partial charge on any atom is 0.417 e. The van der Waals surface area contributed by atoms with Crippen LogP contribution in [0.2, 0.25) is 5.02 Å². The molecule has 1 aromatic carbocycles. The van der Waals surface area contributed by atoms with Crippen LogP contribution in [-0.4, -0.2) is 49.8 Å². The van der Waals surface area contributed by atoms with Crippen molar-refractivity contribution >= 4 is 40.8 Å². The van der Waals surface area contributed by atoms with Gasteiger partial charge in [0.05, 0.1) is 34.1 Å². The number of halogens is 7. The Labute approximate surface area is 229 Å². The summed E-state index contributed by atoms with van der Waals surface area (Å²) < 4.78 is 83.6. The summed E-state index contributed by atoms with van der Waals surface area (Å²) in [6.07, 6.45) is -8.88. The number of nitriles is 1. The zero-order chi connectivity index (χ0) is 29.7. The van der Waals surface area contributed by atoms with Gasteiger partial charge in [-0.05, 0) is 31.2 Å². The lowest BCUT2D eigenvalue weighted by Crippen LogP contribution is -2.47. The topological polar surface area (TPSA) is 111 Å². The first-order valence-corrected chi connectivity index (χ1v) is 11.9. The molecule has 0 spiro atoms. The summed E-state index contributed by atoms with van der Waals surface area (Å²) in [6, 6.07) is 5.19. The first kappa shape index (κ1) is 30.4. The van der Waals surface area contributed by atoms with Crippen molar-refractivity contribution in [2.45, 2.75) is 19.3 Å². The molecule has 1 aromatic heterocycles. The van der Waals surface area contributed by atoms with Crippen LogP contribution in [-0.2, 0) is 21.9 Å². The zero-order valence-electron chi connectivity index (χ0n) is 20.7. The highest BCUT2D eigenvalue weighted by atomic mass is 35.5. The molecular weight excluding hydrogens is 570 g/mol. The normalized spacial score (nSPS) is 14.4. The standard InChI is InChI=1S/C24H21ClF6N6O3/c1-2-40-22(39)35-21(38)14(11-32)12-33-18-10-15(23(26,27)28)3-4-19(18)36-5-7-37(8-6-36)20-17(25)9-16(13-34-20)24(29,30)31/h3-4,9-10,12-13,33H,2,5-8H2,1H3,(H,35,38,39)/b14-12+. The van der Waals surface area contributed by atoms with Crippen molar-refractivity contribution in [3.63, 3.8) is 0 Å². The Morgan fingerprint density at radius 2 is 1.70 bits per heavy atom. The second-order valence-corrected chi connectivity index (χ2v) is 8.63. The third-order valence-electron chi connectivity index (χ3n) is 5.62. The van der Waals surface area contributed by atoms with Crippen molar-refractivity contribution in [1.82, 2.24) is 10.3 Å². The Kier molecular flexibility index (Phi) is 9.36. The van der Waals surface area contributed by atoms with Gasteiger partial charge in [-0.3, -0.25) is 10.1 Å². The number of hydrogen-bond acceptors (Lipinski definition) is 8. The summed E-state index contributed by atoms with van der Waals surface area (Å²) in [7, 11) is 0. The summed E-state index contributed by atoms with van der Waals surface area (Å²) in [5.41, 5.74) is -2.41. The molecule has 214 valence electrons. The molecule has 0 saturated carbocycles. The fraction of sp³-hybridized carbons (Fsp3) is 0.333. The van der Waals surface area contributed by atoms with Crippen molar-refractivity contribution in [2.75, 3.05) is 47.9 Å². The fourth-order valence-corrected chi connectivity index (χ4v) is 3.99. The van der Waals surface area contributed by atoms with Crippen LogP contribution in [0.1, 0.15) is 18.1 Å². The van der Waals surface area contributed by atoms with Crippen LogP contribution in [0.3, 0.4) is 0 Å². The average Bonchev–Trinajstić information content (AvgIpc) is 2.88. The summed E-state index contributed by atoms with van der Waals surface area (Å²) in [6.45, 7) is 2.34. The first-order chi connectivity index (χ1) is 18.7. The van der Waals surface area contributed by atoms with Gasteiger partial charge < -0.3 is 19.9 Å². The predicted molar refractivity (Wildman–Crippen MR) is 133 cm³/mol. The van der Waals surface area contributed by atoms with E-state index in [9.17, 15) is 41.2 Å². The monoisotopic (exact) mass is 590 g/mol. The molecule has 2 amide bonds. The lowest BCUT2D eigenvalue weighted by Gasteiger charge is -2.38. The Bertz CT molecular complexity index is 1330. The maximum atomic E-state index is 13.4. The minimum absolute atomic E-state index is 0.0367. The number of amides is 2. The molecule has 0 unspecified atom stereocenters. The molecule has 3 rings (SSSR count). The number of nitrogens with zero attached hydrogens (tertiary/aromatic N) is 4. The highest BCUT2D eigenvalue weighted by Gasteiger charge is 2.33. The number of pyridine rings is 1. The van der Waals surface area contributed by atoms with E-state index in [-0.39, 0.29) is 49.3 Å². The van der Waals surface area contributed by atoms with Gasteiger partial charge in [0.1, 0.15) is 17.5 Å². The Morgan fingerprint density at radius 3 is 2.25 bits per heavy atom. The van der Waals surface area contributed by atoms with Crippen LogP contribution in [0.5, 0.6) is 0 Å². The third-order valence-corrected chi connectivity index (χ3v) is 5.90. The third kappa shape index (κ3) is 7.47. The molecule has 16 heteroatoms. The Balaban J connectivity index is 1.82. The van der Waals surface area contributed by atoms with E-state index in [2.05, 4.69) is 15.0 Å². The van der Waals surface area contributed by atoms with Crippen molar-refractivity contribution in [2.24, 2.45) is 0 Å². The van der Waals surface area contributed by atoms with Crippen LogP contribution >= 0.6 is 11.6 Å². The minimum Gasteiger partial charge on any atom is -0.450 e. The molecule has 0 atom stereocenters. The maximum absolute atomic E-state index is 13.4. The van der Waals surface area contributed by atoms with Gasteiger partial charge in [-0.25, -0.2) is 9.78 Å². The molecule has 2 aromatic rings. The van der Waals surface area contributed by atoms with E-state index in [4.69, 9.17) is 11.6 Å². The number of carbonyl (C=O) groups excluding carboxylic acids is 2. The number of imide groups is 1. The largest absolute Gasteiger partial charge is 0.450 e. The highest BCUT2D eigenvalue weighted by molar-refractivity contribution is 6.33. The molecule has 1 saturated heterocycles. The quantitative estimate of drug-likeness (QED) is 0.269. The molecule has 0 aliphatic carbocycles. The van der Waals surface area contributed by atoms with E-state index in [0.29, 0.717) is 11.9 Å². The van der Waals surface area contributed by atoms with Crippen LogP contribution < -0.4 is 20.4 Å². The summed E-state index contributed by atoms with van der Waals surface area (Å²) in [4.78, 5) is 30.8. The zero-order valence-corrected chi connectivity index (χ0v) is 21.4. The van der Waals surface area contributed by atoms with Gasteiger partial charge in [0, 0.05) is 38.6 Å². The van der Waals surface area contributed by atoms with E-state index >= 15 is 0 Å². The Morgan fingerprint density at radius 1 is 1.07 bits per heavy atom. The predicted octanol–water partition coefficient (Wildman–Crippen LogP) is 5.19. The number of nitrogens with one attached hydrogen (secondary N) is 2. The molecule has 0 bridgehead atoms. The van der Waals surface area contributed by atoms with E-state index < -0.39 is 41.1 Å². The van der Waals surface area contributed by atoms with Gasteiger partial charge in [-0.2, -0.15) is 31.6 Å². The molecule has 9 nitrogen and oxygen atoms in total. The number of aromatic nitrogens is 1. The number of benzene rings is 1. The summed E-state index contributed by atoms with van der Waals surface area (Å²) >= 11 is 6.04. The van der Waals surface area contributed by atoms with E-state index in [0.717, 1.165) is 24.4 Å². The van der Waals surface area contributed by atoms with Gasteiger partial charge in [-0.1, -0.05) is 11.6 Å². The summed E-state index contributed by atoms with van der Waals surface area (Å²) in [5, 5.41) is 13.4. The van der Waals surface area contributed by atoms with Crippen molar-refractivity contribution in [1.29, 1.82) is 5.26 Å². The van der Waals surface area contributed by atoms with Crippen molar-refractivity contribution in [3.8, 4) is 6.07 Å². The SMILES string of the molecule is CCOC(=O)NC(=O)/C(C#N)=C/Nc1cc(C(F)(F)F)ccc1N1CCN(c2ncc(C(F)(F)F)cc2Cl)CC1. The van der Waals surface area contributed by atoms with E-state index in [1.165, 1.54) is 13.0 Å². The minimum atomic E-state index is -4.69. The fourth-order valence-electron chi connectivity index (χ4n) is 3.71. The number of alkyl halides is 6. The molecule has 1 aliphatic rings. The lowest BCUT2D eigenvalue weighted by molar-refractivity contribution is -0.138. The number of carbonyl (C=O) groups is 2. The smallest absolute Gasteiger partial charge is 0.417 e. The van der Waals surface area contributed by atoms with Gasteiger partial charge in [0.2, 0.25) is 0 Å². The van der Waals surface area contributed by atoms with Crippen LogP contribution in [0.25, 0.3) is 0 Å². The van der Waals surface area contributed by atoms with Gasteiger partial charge in [0.25, 0.3) is 5.91 Å². The lowest BCUT2D eigenvalue weighted by atomic mass is 10.1. The van der Waals surface area contributed by atoms with Crippen molar-refractivity contribution < 1.29 is 40.7 Å². The molecule has 1 aliphatic heterocycles. The number of ether oxygens (including phenoxy) is 1. The molecular formula is C24H21ClF6N6O3. The molecule has 2 heterocycles. The number of anilines is 3. The van der Waals surface area contributed by atoms with Crippen LogP contribution in [0.4, 0.5) is 48.3 Å². The van der Waals surface area contributed by atoms with Gasteiger partial charge in [0.15, 0.2) is 0 Å². The van der Waals surface area contributed by atoms with Crippen LogP contribution in [0.15, 0.2) is 42.2 Å². The number of alkyl carbamates (subject to hydrolysis) is 1. The average molecular weight is 591 g/mol. The van der Waals surface area contributed by atoms with Crippen molar-refractivity contribution in [3.05, 3.63) is 58.4 Å². The number of piperazine rings is 1. The molecule has 40 heavy (non-hydrogen) atoms. The van der Waals surface area contributed by atoms with E-state index in [1.807, 2.05) is 5.32 Å². The van der Waals surface area contributed by atoms with Crippen LogP contribution in [0, 0.1) is 11.3 Å². The Hall–Kier alpha value is -4.19. The highest BCUT2D eigenvalue weighted by Crippen LogP contribution is 2.37. The van der Waals surface area contributed by atoms with Gasteiger partial charge >= 0.3 is 18.4 Å². The number of hydrogen-bond donors (Lipinski definition) is 2. The molecule has 1 fully saturated rings. The molecule has 2 N–H and O–H groups in total. The number of rotatable bonds is 6. The first-order valence-electron chi connectivity index (χ1n) is 11.5. The molecule has 0 radical (unpaired) electrons. The summed E-state index contributed by atoms with van der Waals surface area (Å²) in [5.74, 6) is -0.995. The van der Waals surface area contributed by atoms with Gasteiger partial charge in [-0.15, -0.1) is 0 Å². The second-order valence-electron chi connectivity index (χ2n) is 8.22. The second kappa shape index (κ2) is 12.3. The van der Waals surface area contributed by atoms with E-state index in [1.54, 1.807) is 15.9 Å².